The van der Waals surface area contributed by atoms with Crippen molar-refractivity contribution in [2.75, 3.05) is 12.4 Å². The van der Waals surface area contributed by atoms with Crippen molar-refractivity contribution in [2.45, 2.75) is 20.1 Å². The highest BCUT2D eigenvalue weighted by Crippen LogP contribution is 2.17. The number of carbonyl (C=O) groups is 1. The normalized spacial score (nSPS) is 10.5. The molecule has 0 saturated carbocycles. The van der Waals surface area contributed by atoms with Crippen molar-refractivity contribution >= 4 is 23.3 Å². The second-order valence-electron chi connectivity index (χ2n) is 5.70. The van der Waals surface area contributed by atoms with Gasteiger partial charge in [-0.3, -0.25) is 4.79 Å². The van der Waals surface area contributed by atoms with E-state index in [4.69, 9.17) is 9.47 Å². The van der Waals surface area contributed by atoms with E-state index >= 15 is 0 Å². The van der Waals surface area contributed by atoms with Gasteiger partial charge in [-0.05, 0) is 48.9 Å². The quantitative estimate of drug-likeness (QED) is 0.685. The Morgan fingerprint density at radius 3 is 2.62 bits per heavy atom. The molecule has 1 aromatic heterocycles. The van der Waals surface area contributed by atoms with Crippen molar-refractivity contribution in [3.05, 3.63) is 71.0 Å². The fourth-order valence-corrected chi connectivity index (χ4v) is 2.90. The minimum absolute atomic E-state index is 0.175. The highest BCUT2D eigenvalue weighted by atomic mass is 32.1. The van der Waals surface area contributed by atoms with Gasteiger partial charge >= 0.3 is 0 Å². The summed E-state index contributed by atoms with van der Waals surface area (Å²) in [6, 6.07) is 14.6. The van der Waals surface area contributed by atoms with Crippen LogP contribution in [0.4, 0.5) is 5.69 Å². The molecule has 0 aliphatic carbocycles. The van der Waals surface area contributed by atoms with Crippen LogP contribution in [0.25, 0.3) is 0 Å². The maximum absolute atomic E-state index is 12.4. The molecule has 0 radical (unpaired) electrons. The summed E-state index contributed by atoms with van der Waals surface area (Å²) in [6.07, 6.45) is 0. The number of rotatable bonds is 7. The van der Waals surface area contributed by atoms with Gasteiger partial charge in [0.25, 0.3) is 5.91 Å². The van der Waals surface area contributed by atoms with Crippen molar-refractivity contribution in [1.29, 1.82) is 0 Å². The number of aryl methyl sites for hydroxylation is 1. The van der Waals surface area contributed by atoms with Gasteiger partial charge in [0.05, 0.1) is 24.0 Å². The number of anilines is 1. The number of nitrogens with one attached hydrogen (secondary N) is 1. The first-order chi connectivity index (χ1) is 12.7. The number of amides is 1. The molecule has 1 N–H and O–H groups in total. The number of ether oxygens (including phenoxy) is 2. The van der Waals surface area contributed by atoms with E-state index in [1.807, 2.05) is 31.2 Å². The summed E-state index contributed by atoms with van der Waals surface area (Å²) in [5.74, 6) is 0.502. The van der Waals surface area contributed by atoms with Crippen LogP contribution in [-0.2, 0) is 18.0 Å². The van der Waals surface area contributed by atoms with Crippen LogP contribution in [0.15, 0.2) is 48.5 Å². The summed E-state index contributed by atoms with van der Waals surface area (Å²) in [7, 11) is 1.64. The lowest BCUT2D eigenvalue weighted by molar-refractivity contribution is 0.102. The van der Waals surface area contributed by atoms with E-state index in [1.165, 1.54) is 11.7 Å². The number of benzene rings is 2. The predicted octanol–water partition coefficient (Wildman–Crippen LogP) is 3.82. The van der Waals surface area contributed by atoms with Gasteiger partial charge in [0, 0.05) is 18.4 Å². The van der Waals surface area contributed by atoms with Crippen LogP contribution in [0.5, 0.6) is 5.75 Å². The van der Waals surface area contributed by atoms with Gasteiger partial charge in [-0.2, -0.15) is 8.75 Å². The molecule has 3 aromatic rings. The van der Waals surface area contributed by atoms with Gasteiger partial charge in [0.15, 0.2) is 0 Å². The lowest BCUT2D eigenvalue weighted by atomic mass is 10.1. The van der Waals surface area contributed by atoms with Crippen molar-refractivity contribution in [1.82, 2.24) is 8.75 Å². The van der Waals surface area contributed by atoms with Crippen LogP contribution >= 0.6 is 11.7 Å². The molecule has 0 unspecified atom stereocenters. The fourth-order valence-electron chi connectivity index (χ4n) is 2.34. The van der Waals surface area contributed by atoms with Gasteiger partial charge in [0.1, 0.15) is 18.1 Å². The lowest BCUT2D eigenvalue weighted by Crippen LogP contribution is -2.12. The highest BCUT2D eigenvalue weighted by Gasteiger charge is 2.08. The van der Waals surface area contributed by atoms with Crippen LogP contribution in [0.2, 0.25) is 0 Å². The molecule has 134 valence electrons. The smallest absolute Gasteiger partial charge is 0.255 e. The molecule has 0 aliphatic rings. The van der Waals surface area contributed by atoms with E-state index in [1.54, 1.807) is 31.4 Å². The number of methoxy groups -OCH3 is 1. The Morgan fingerprint density at radius 2 is 1.92 bits per heavy atom. The van der Waals surface area contributed by atoms with Gasteiger partial charge < -0.3 is 14.8 Å². The summed E-state index contributed by atoms with van der Waals surface area (Å²) in [5.41, 5.74) is 3.99. The predicted molar refractivity (Wildman–Crippen MR) is 101 cm³/mol. The lowest BCUT2D eigenvalue weighted by Gasteiger charge is -2.08. The molecular weight excluding hydrogens is 350 g/mol. The second kappa shape index (κ2) is 8.55. The molecule has 3 rings (SSSR count). The van der Waals surface area contributed by atoms with Gasteiger partial charge in [0.2, 0.25) is 0 Å². The average molecular weight is 369 g/mol. The summed E-state index contributed by atoms with van der Waals surface area (Å²) in [4.78, 5) is 12.4. The molecule has 0 aliphatic heterocycles. The molecule has 0 bridgehead atoms. The van der Waals surface area contributed by atoms with E-state index < -0.39 is 0 Å². The maximum Gasteiger partial charge on any atom is 0.255 e. The van der Waals surface area contributed by atoms with E-state index in [0.29, 0.717) is 24.5 Å². The maximum atomic E-state index is 12.4. The SMILES string of the molecule is COCc1cccc(NC(=O)c2ccc(OCc3nsnc3C)cc2)c1. The van der Waals surface area contributed by atoms with Gasteiger partial charge in [-0.25, -0.2) is 0 Å². The minimum Gasteiger partial charge on any atom is -0.487 e. The Morgan fingerprint density at radius 1 is 1.12 bits per heavy atom. The van der Waals surface area contributed by atoms with Crippen LogP contribution in [-0.4, -0.2) is 21.8 Å². The first-order valence-corrected chi connectivity index (χ1v) is 8.79. The van der Waals surface area contributed by atoms with Crippen molar-refractivity contribution < 1.29 is 14.3 Å². The molecule has 0 atom stereocenters. The van der Waals surface area contributed by atoms with Crippen LogP contribution < -0.4 is 10.1 Å². The molecule has 0 saturated heterocycles. The molecule has 1 heterocycles. The van der Waals surface area contributed by atoms with Crippen molar-refractivity contribution in [2.24, 2.45) is 0 Å². The van der Waals surface area contributed by atoms with E-state index in [-0.39, 0.29) is 5.91 Å². The topological polar surface area (TPSA) is 73.3 Å². The Kier molecular flexibility index (Phi) is 5.93. The van der Waals surface area contributed by atoms with E-state index in [0.717, 1.165) is 22.6 Å². The van der Waals surface area contributed by atoms with Crippen LogP contribution in [0, 0.1) is 6.92 Å². The summed E-state index contributed by atoms with van der Waals surface area (Å²) in [5, 5.41) is 2.89. The standard InChI is InChI=1S/C19H19N3O3S/c1-13-18(22-26-21-13)12-25-17-8-6-15(7-9-17)19(23)20-16-5-3-4-14(10-16)11-24-2/h3-10H,11-12H2,1-2H3,(H,20,23). The number of hydrogen-bond donors (Lipinski definition) is 1. The Bertz CT molecular complexity index is 878. The summed E-state index contributed by atoms with van der Waals surface area (Å²) >= 11 is 1.17. The molecule has 0 spiro atoms. The third-order valence-corrected chi connectivity index (χ3v) is 4.39. The van der Waals surface area contributed by atoms with Crippen molar-refractivity contribution in [3.63, 3.8) is 0 Å². The molecule has 26 heavy (non-hydrogen) atoms. The Balaban J connectivity index is 1.60. The Hall–Kier alpha value is -2.77. The van der Waals surface area contributed by atoms with Crippen LogP contribution in [0.3, 0.4) is 0 Å². The largest absolute Gasteiger partial charge is 0.487 e. The second-order valence-corrected chi connectivity index (χ2v) is 6.23. The molecular formula is C19H19N3O3S. The zero-order valence-electron chi connectivity index (χ0n) is 14.6. The fraction of sp³-hybridized carbons (Fsp3) is 0.211. The number of aromatic nitrogens is 2. The highest BCUT2D eigenvalue weighted by molar-refractivity contribution is 6.99. The molecule has 2 aromatic carbocycles. The van der Waals surface area contributed by atoms with E-state index in [9.17, 15) is 4.79 Å². The summed E-state index contributed by atoms with van der Waals surface area (Å²) in [6.45, 7) is 2.77. The minimum atomic E-state index is -0.175. The summed E-state index contributed by atoms with van der Waals surface area (Å²) < 4.78 is 19.1. The zero-order chi connectivity index (χ0) is 18.4. The van der Waals surface area contributed by atoms with Gasteiger partial charge in [-0.15, -0.1) is 0 Å². The van der Waals surface area contributed by atoms with Crippen LogP contribution in [0.1, 0.15) is 27.3 Å². The zero-order valence-corrected chi connectivity index (χ0v) is 15.4. The Labute approximate surface area is 156 Å². The third-order valence-electron chi connectivity index (χ3n) is 3.73. The van der Waals surface area contributed by atoms with E-state index in [2.05, 4.69) is 14.1 Å². The molecule has 7 heteroatoms. The number of hydrogen-bond acceptors (Lipinski definition) is 6. The first kappa shape index (κ1) is 18.0. The molecule has 0 fully saturated rings. The number of nitrogens with zero attached hydrogens (tertiary/aromatic N) is 2. The average Bonchev–Trinajstić information content (AvgIpc) is 3.06. The first-order valence-electron chi connectivity index (χ1n) is 8.06. The van der Waals surface area contributed by atoms with Gasteiger partial charge in [-0.1, -0.05) is 12.1 Å². The molecule has 6 nitrogen and oxygen atoms in total. The van der Waals surface area contributed by atoms with Crippen molar-refractivity contribution in [3.8, 4) is 5.75 Å². The molecule has 1 amide bonds. The number of carbonyl (C=O) groups excluding carboxylic acids is 1. The third kappa shape index (κ3) is 4.65. The monoisotopic (exact) mass is 369 g/mol.